The van der Waals surface area contributed by atoms with Crippen molar-refractivity contribution in [3.63, 3.8) is 0 Å². The van der Waals surface area contributed by atoms with Crippen LogP contribution in [-0.4, -0.2) is 11.7 Å². The highest BCUT2D eigenvalue weighted by atomic mass is 16.5. The standard InChI is InChI=1S/C12H16O2/c1-2-3-4-7-10-14-12-9-6-5-8-11(12)13/h4-9,13H,2-3,10H2,1H3/b7-4+. The van der Waals surface area contributed by atoms with Crippen LogP contribution in [0.5, 0.6) is 11.5 Å². The first-order chi connectivity index (χ1) is 6.84. The maximum atomic E-state index is 9.36. The van der Waals surface area contributed by atoms with Crippen LogP contribution < -0.4 is 4.74 Å². The molecular weight excluding hydrogens is 176 g/mol. The van der Waals surface area contributed by atoms with Gasteiger partial charge >= 0.3 is 0 Å². The Morgan fingerprint density at radius 2 is 2.07 bits per heavy atom. The van der Waals surface area contributed by atoms with E-state index in [9.17, 15) is 5.11 Å². The maximum Gasteiger partial charge on any atom is 0.161 e. The maximum absolute atomic E-state index is 9.36. The van der Waals surface area contributed by atoms with Crippen molar-refractivity contribution in [1.82, 2.24) is 0 Å². The van der Waals surface area contributed by atoms with Gasteiger partial charge in [0.15, 0.2) is 11.5 Å². The lowest BCUT2D eigenvalue weighted by molar-refractivity contribution is 0.336. The number of benzene rings is 1. The van der Waals surface area contributed by atoms with E-state index in [2.05, 4.69) is 13.0 Å². The molecule has 0 atom stereocenters. The van der Waals surface area contributed by atoms with E-state index in [1.807, 2.05) is 12.1 Å². The highest BCUT2D eigenvalue weighted by Crippen LogP contribution is 2.23. The molecule has 0 aliphatic rings. The Morgan fingerprint density at radius 1 is 1.29 bits per heavy atom. The minimum atomic E-state index is 0.191. The number of unbranched alkanes of at least 4 members (excludes halogenated alkanes) is 1. The van der Waals surface area contributed by atoms with Gasteiger partial charge in [-0.1, -0.05) is 37.6 Å². The summed E-state index contributed by atoms with van der Waals surface area (Å²) in [5, 5.41) is 9.36. The van der Waals surface area contributed by atoms with E-state index in [0.717, 1.165) is 12.8 Å². The molecule has 1 aromatic carbocycles. The molecule has 0 aliphatic heterocycles. The van der Waals surface area contributed by atoms with E-state index in [-0.39, 0.29) is 5.75 Å². The number of ether oxygens (including phenoxy) is 1. The fourth-order valence-electron chi connectivity index (χ4n) is 1.07. The second-order valence-corrected chi connectivity index (χ2v) is 3.04. The molecule has 1 aromatic rings. The Bertz CT molecular complexity index is 292. The van der Waals surface area contributed by atoms with Crippen LogP contribution in [0, 0.1) is 0 Å². The third-order valence-electron chi connectivity index (χ3n) is 1.82. The van der Waals surface area contributed by atoms with Crippen LogP contribution in [0.2, 0.25) is 0 Å². The SMILES string of the molecule is CCC/C=C/COc1ccccc1O. The van der Waals surface area contributed by atoms with E-state index in [4.69, 9.17) is 4.74 Å². The Hall–Kier alpha value is -1.44. The third-order valence-corrected chi connectivity index (χ3v) is 1.82. The normalized spacial score (nSPS) is 10.6. The van der Waals surface area contributed by atoms with Gasteiger partial charge in [-0.05, 0) is 18.6 Å². The van der Waals surface area contributed by atoms with Gasteiger partial charge in [-0.3, -0.25) is 0 Å². The minimum absolute atomic E-state index is 0.191. The molecular formula is C12H16O2. The molecule has 2 nitrogen and oxygen atoms in total. The highest BCUT2D eigenvalue weighted by Gasteiger charge is 1.97. The molecule has 14 heavy (non-hydrogen) atoms. The molecule has 0 radical (unpaired) electrons. The van der Waals surface area contributed by atoms with Gasteiger partial charge < -0.3 is 9.84 Å². The lowest BCUT2D eigenvalue weighted by Crippen LogP contribution is -1.93. The van der Waals surface area contributed by atoms with Crippen LogP contribution in [0.1, 0.15) is 19.8 Å². The molecule has 0 saturated heterocycles. The fraction of sp³-hybridized carbons (Fsp3) is 0.333. The molecule has 2 heteroatoms. The number of hydrogen-bond acceptors (Lipinski definition) is 2. The molecule has 1 N–H and O–H groups in total. The Balaban J connectivity index is 2.35. The summed E-state index contributed by atoms with van der Waals surface area (Å²) in [6.45, 7) is 2.64. The first-order valence-electron chi connectivity index (χ1n) is 4.90. The monoisotopic (exact) mass is 192 g/mol. The van der Waals surface area contributed by atoms with Gasteiger partial charge in [0, 0.05) is 0 Å². The first kappa shape index (κ1) is 10.6. The zero-order chi connectivity index (χ0) is 10.2. The lowest BCUT2D eigenvalue weighted by atomic mass is 10.3. The van der Waals surface area contributed by atoms with Gasteiger partial charge in [0.25, 0.3) is 0 Å². The van der Waals surface area contributed by atoms with Gasteiger partial charge in [0.2, 0.25) is 0 Å². The van der Waals surface area contributed by atoms with Crippen molar-refractivity contribution in [2.24, 2.45) is 0 Å². The molecule has 0 heterocycles. The second kappa shape index (κ2) is 6.08. The largest absolute Gasteiger partial charge is 0.504 e. The van der Waals surface area contributed by atoms with E-state index < -0.39 is 0 Å². The number of hydrogen-bond donors (Lipinski definition) is 1. The summed E-state index contributed by atoms with van der Waals surface area (Å²) in [4.78, 5) is 0. The number of phenolic OH excluding ortho intramolecular Hbond substituents is 1. The van der Waals surface area contributed by atoms with Crippen LogP contribution >= 0.6 is 0 Å². The lowest BCUT2D eigenvalue weighted by Gasteiger charge is -2.04. The average molecular weight is 192 g/mol. The molecule has 0 aromatic heterocycles. The number of rotatable bonds is 5. The van der Waals surface area contributed by atoms with Gasteiger partial charge in [0.1, 0.15) is 6.61 Å². The zero-order valence-electron chi connectivity index (χ0n) is 8.44. The quantitative estimate of drug-likeness (QED) is 0.726. The summed E-state index contributed by atoms with van der Waals surface area (Å²) in [6.07, 6.45) is 6.27. The van der Waals surface area contributed by atoms with Gasteiger partial charge in [0.05, 0.1) is 0 Å². The van der Waals surface area contributed by atoms with Crippen molar-refractivity contribution in [3.8, 4) is 11.5 Å². The second-order valence-electron chi connectivity index (χ2n) is 3.04. The van der Waals surface area contributed by atoms with Crippen LogP contribution in [0.3, 0.4) is 0 Å². The topological polar surface area (TPSA) is 29.5 Å². The zero-order valence-corrected chi connectivity index (χ0v) is 8.44. The van der Waals surface area contributed by atoms with Crippen LogP contribution in [0.15, 0.2) is 36.4 Å². The Kier molecular flexibility index (Phi) is 4.62. The summed E-state index contributed by atoms with van der Waals surface area (Å²) in [5.41, 5.74) is 0. The summed E-state index contributed by atoms with van der Waals surface area (Å²) >= 11 is 0. The minimum Gasteiger partial charge on any atom is -0.504 e. The smallest absolute Gasteiger partial charge is 0.161 e. The van der Waals surface area contributed by atoms with Crippen molar-refractivity contribution in [3.05, 3.63) is 36.4 Å². The van der Waals surface area contributed by atoms with Gasteiger partial charge in [-0.15, -0.1) is 0 Å². The summed E-state index contributed by atoms with van der Waals surface area (Å²) in [7, 11) is 0. The van der Waals surface area contributed by atoms with Crippen molar-refractivity contribution in [1.29, 1.82) is 0 Å². The van der Waals surface area contributed by atoms with E-state index in [1.165, 1.54) is 0 Å². The number of para-hydroxylation sites is 2. The molecule has 76 valence electrons. The predicted octanol–water partition coefficient (Wildman–Crippen LogP) is 3.13. The number of aromatic hydroxyl groups is 1. The molecule has 0 fully saturated rings. The average Bonchev–Trinajstić information content (AvgIpc) is 2.20. The molecule has 0 unspecified atom stereocenters. The highest BCUT2D eigenvalue weighted by molar-refractivity contribution is 5.37. The summed E-state index contributed by atoms with van der Waals surface area (Å²) < 4.78 is 5.35. The molecule has 0 aliphatic carbocycles. The first-order valence-corrected chi connectivity index (χ1v) is 4.90. The third kappa shape index (κ3) is 3.52. The molecule has 0 bridgehead atoms. The van der Waals surface area contributed by atoms with Crippen LogP contribution in [0.25, 0.3) is 0 Å². The van der Waals surface area contributed by atoms with E-state index in [1.54, 1.807) is 18.2 Å². The molecule has 0 spiro atoms. The number of allylic oxidation sites excluding steroid dienone is 1. The van der Waals surface area contributed by atoms with Gasteiger partial charge in [-0.25, -0.2) is 0 Å². The predicted molar refractivity (Wildman–Crippen MR) is 57.6 cm³/mol. The van der Waals surface area contributed by atoms with E-state index in [0.29, 0.717) is 12.4 Å². The fourth-order valence-corrected chi connectivity index (χ4v) is 1.07. The molecule has 1 rings (SSSR count). The van der Waals surface area contributed by atoms with Crippen molar-refractivity contribution >= 4 is 0 Å². The van der Waals surface area contributed by atoms with Crippen molar-refractivity contribution in [2.45, 2.75) is 19.8 Å². The van der Waals surface area contributed by atoms with E-state index >= 15 is 0 Å². The summed E-state index contributed by atoms with van der Waals surface area (Å²) in [6, 6.07) is 6.98. The molecule has 0 amide bonds. The van der Waals surface area contributed by atoms with Crippen molar-refractivity contribution < 1.29 is 9.84 Å². The Morgan fingerprint density at radius 3 is 2.79 bits per heavy atom. The van der Waals surface area contributed by atoms with Crippen LogP contribution in [0.4, 0.5) is 0 Å². The van der Waals surface area contributed by atoms with Crippen molar-refractivity contribution in [2.75, 3.05) is 6.61 Å². The summed E-state index contributed by atoms with van der Waals surface area (Å²) in [5.74, 6) is 0.727. The Labute approximate surface area is 84.8 Å². The number of phenols is 1. The van der Waals surface area contributed by atoms with Gasteiger partial charge in [-0.2, -0.15) is 0 Å². The van der Waals surface area contributed by atoms with Crippen LogP contribution in [-0.2, 0) is 0 Å². The molecule has 0 saturated carbocycles.